The van der Waals surface area contributed by atoms with E-state index in [2.05, 4.69) is 34.8 Å². The predicted octanol–water partition coefficient (Wildman–Crippen LogP) is 0.722. The van der Waals surface area contributed by atoms with Gasteiger partial charge in [0.05, 0.1) is 6.54 Å². The van der Waals surface area contributed by atoms with Crippen LogP contribution in [0.3, 0.4) is 0 Å². The molecule has 0 aliphatic heterocycles. The highest BCUT2D eigenvalue weighted by molar-refractivity contribution is 5.86. The lowest BCUT2D eigenvalue weighted by Crippen LogP contribution is -2.48. The Morgan fingerprint density at radius 1 is 1.24 bits per heavy atom. The summed E-state index contributed by atoms with van der Waals surface area (Å²) >= 11 is 0. The van der Waals surface area contributed by atoms with Crippen molar-refractivity contribution < 1.29 is 4.79 Å². The molecule has 0 radical (unpaired) electrons. The number of guanidine groups is 1. The average Bonchev–Trinajstić information content (AvgIpc) is 2.14. The molecule has 0 aromatic rings. The fourth-order valence-corrected chi connectivity index (χ4v) is 1.15. The summed E-state index contributed by atoms with van der Waals surface area (Å²) in [5.41, 5.74) is -0.201. The molecule has 0 bridgehead atoms. The summed E-state index contributed by atoms with van der Waals surface area (Å²) < 4.78 is 0. The number of rotatable bonds is 4. The van der Waals surface area contributed by atoms with Gasteiger partial charge in [0.15, 0.2) is 5.96 Å². The third kappa shape index (κ3) is 9.66. The summed E-state index contributed by atoms with van der Waals surface area (Å²) in [6, 6.07) is 0. The SMILES string of the molecule is CN=C(NCC(=O)NC(C)(C)C)NCC(C)C. The second-order valence-electron chi connectivity index (χ2n) is 5.50. The molecule has 0 aromatic heterocycles. The molecule has 0 rings (SSSR count). The van der Waals surface area contributed by atoms with Gasteiger partial charge in [0.2, 0.25) is 5.91 Å². The summed E-state index contributed by atoms with van der Waals surface area (Å²) in [6.45, 7) is 11.2. The Labute approximate surface area is 104 Å². The topological polar surface area (TPSA) is 65.5 Å². The molecule has 0 fully saturated rings. The van der Waals surface area contributed by atoms with Gasteiger partial charge in [-0.2, -0.15) is 0 Å². The fourth-order valence-electron chi connectivity index (χ4n) is 1.15. The lowest BCUT2D eigenvalue weighted by Gasteiger charge is -2.21. The first-order valence-electron chi connectivity index (χ1n) is 6.00. The van der Waals surface area contributed by atoms with Gasteiger partial charge in [-0.3, -0.25) is 9.79 Å². The molecule has 0 saturated carbocycles. The number of aliphatic imine (C=N–C) groups is 1. The molecule has 0 unspecified atom stereocenters. The van der Waals surface area contributed by atoms with E-state index in [-0.39, 0.29) is 18.0 Å². The molecule has 17 heavy (non-hydrogen) atoms. The summed E-state index contributed by atoms with van der Waals surface area (Å²) in [7, 11) is 1.69. The number of hydrogen-bond acceptors (Lipinski definition) is 2. The summed E-state index contributed by atoms with van der Waals surface area (Å²) in [4.78, 5) is 15.6. The molecule has 5 nitrogen and oxygen atoms in total. The van der Waals surface area contributed by atoms with Crippen LogP contribution in [-0.4, -0.2) is 37.5 Å². The van der Waals surface area contributed by atoms with E-state index in [1.54, 1.807) is 7.05 Å². The van der Waals surface area contributed by atoms with E-state index in [0.29, 0.717) is 11.9 Å². The Kier molecular flexibility index (Phi) is 6.61. The number of nitrogens with zero attached hydrogens (tertiary/aromatic N) is 1. The maximum atomic E-state index is 11.6. The Morgan fingerprint density at radius 2 is 1.82 bits per heavy atom. The van der Waals surface area contributed by atoms with Crippen molar-refractivity contribution in [3.05, 3.63) is 0 Å². The van der Waals surface area contributed by atoms with Crippen molar-refractivity contribution in [2.45, 2.75) is 40.2 Å². The lowest BCUT2D eigenvalue weighted by molar-refractivity contribution is -0.121. The van der Waals surface area contributed by atoms with Gasteiger partial charge in [0, 0.05) is 19.1 Å². The maximum Gasteiger partial charge on any atom is 0.239 e. The summed E-state index contributed by atoms with van der Waals surface area (Å²) in [6.07, 6.45) is 0. The van der Waals surface area contributed by atoms with Gasteiger partial charge in [-0.05, 0) is 26.7 Å². The zero-order chi connectivity index (χ0) is 13.5. The van der Waals surface area contributed by atoms with Crippen LogP contribution in [0.1, 0.15) is 34.6 Å². The lowest BCUT2D eigenvalue weighted by atomic mass is 10.1. The summed E-state index contributed by atoms with van der Waals surface area (Å²) in [5.74, 6) is 1.16. The Hall–Kier alpha value is -1.26. The molecule has 0 atom stereocenters. The van der Waals surface area contributed by atoms with Crippen molar-refractivity contribution in [3.63, 3.8) is 0 Å². The minimum Gasteiger partial charge on any atom is -0.356 e. The fraction of sp³-hybridized carbons (Fsp3) is 0.833. The first-order chi connectivity index (χ1) is 7.74. The smallest absolute Gasteiger partial charge is 0.239 e. The van der Waals surface area contributed by atoms with Crippen molar-refractivity contribution >= 4 is 11.9 Å². The van der Waals surface area contributed by atoms with Crippen LogP contribution in [-0.2, 0) is 4.79 Å². The van der Waals surface area contributed by atoms with Crippen LogP contribution in [0.5, 0.6) is 0 Å². The van der Waals surface area contributed by atoms with Crippen LogP contribution in [0.25, 0.3) is 0 Å². The Morgan fingerprint density at radius 3 is 2.24 bits per heavy atom. The van der Waals surface area contributed by atoms with E-state index < -0.39 is 0 Å². The highest BCUT2D eigenvalue weighted by Crippen LogP contribution is 1.97. The van der Waals surface area contributed by atoms with Crippen LogP contribution in [0.2, 0.25) is 0 Å². The van der Waals surface area contributed by atoms with Crippen LogP contribution < -0.4 is 16.0 Å². The van der Waals surface area contributed by atoms with Crippen molar-refractivity contribution in [2.75, 3.05) is 20.1 Å². The maximum absolute atomic E-state index is 11.6. The molecule has 5 heteroatoms. The average molecular weight is 242 g/mol. The van der Waals surface area contributed by atoms with Gasteiger partial charge < -0.3 is 16.0 Å². The molecule has 0 aliphatic carbocycles. The second-order valence-corrected chi connectivity index (χ2v) is 5.50. The molecular formula is C12H26N4O. The van der Waals surface area contributed by atoms with Gasteiger partial charge >= 0.3 is 0 Å². The highest BCUT2D eigenvalue weighted by Gasteiger charge is 2.13. The molecule has 3 N–H and O–H groups in total. The van der Waals surface area contributed by atoms with E-state index in [1.807, 2.05) is 20.8 Å². The monoisotopic (exact) mass is 242 g/mol. The number of carbonyl (C=O) groups excluding carboxylic acids is 1. The van der Waals surface area contributed by atoms with Gasteiger partial charge in [-0.15, -0.1) is 0 Å². The predicted molar refractivity (Wildman–Crippen MR) is 72.1 cm³/mol. The summed E-state index contributed by atoms with van der Waals surface area (Å²) in [5, 5.41) is 9.00. The molecule has 0 aromatic carbocycles. The third-order valence-corrected chi connectivity index (χ3v) is 1.83. The van der Waals surface area contributed by atoms with E-state index in [4.69, 9.17) is 0 Å². The van der Waals surface area contributed by atoms with Crippen LogP contribution in [0.15, 0.2) is 4.99 Å². The number of carbonyl (C=O) groups is 1. The van der Waals surface area contributed by atoms with Crippen LogP contribution >= 0.6 is 0 Å². The third-order valence-electron chi connectivity index (χ3n) is 1.83. The van der Waals surface area contributed by atoms with Crippen molar-refractivity contribution in [2.24, 2.45) is 10.9 Å². The van der Waals surface area contributed by atoms with Gasteiger partial charge in [-0.1, -0.05) is 13.8 Å². The van der Waals surface area contributed by atoms with E-state index in [9.17, 15) is 4.79 Å². The van der Waals surface area contributed by atoms with Gasteiger partial charge in [0.1, 0.15) is 0 Å². The van der Waals surface area contributed by atoms with Crippen LogP contribution in [0.4, 0.5) is 0 Å². The van der Waals surface area contributed by atoms with Gasteiger partial charge in [-0.25, -0.2) is 0 Å². The number of hydrogen-bond donors (Lipinski definition) is 3. The number of nitrogens with one attached hydrogen (secondary N) is 3. The molecule has 0 spiro atoms. The van der Waals surface area contributed by atoms with E-state index >= 15 is 0 Å². The second kappa shape index (κ2) is 7.14. The normalized spacial score (nSPS) is 12.5. The van der Waals surface area contributed by atoms with E-state index in [0.717, 1.165) is 6.54 Å². The molecule has 0 aliphatic rings. The number of amides is 1. The first-order valence-corrected chi connectivity index (χ1v) is 6.00. The Balaban J connectivity index is 3.96. The first kappa shape index (κ1) is 15.7. The zero-order valence-electron chi connectivity index (χ0n) is 11.8. The largest absolute Gasteiger partial charge is 0.356 e. The van der Waals surface area contributed by atoms with Crippen molar-refractivity contribution in [1.29, 1.82) is 0 Å². The minimum atomic E-state index is -0.201. The Bertz CT molecular complexity index is 266. The zero-order valence-corrected chi connectivity index (χ0v) is 11.8. The molecule has 0 saturated heterocycles. The van der Waals surface area contributed by atoms with Crippen molar-refractivity contribution in [1.82, 2.24) is 16.0 Å². The molecule has 1 amide bonds. The highest BCUT2D eigenvalue weighted by atomic mass is 16.2. The molecule has 100 valence electrons. The quantitative estimate of drug-likeness (QED) is 0.503. The van der Waals surface area contributed by atoms with E-state index in [1.165, 1.54) is 0 Å². The van der Waals surface area contributed by atoms with Crippen molar-refractivity contribution in [3.8, 4) is 0 Å². The molecular weight excluding hydrogens is 216 g/mol. The standard InChI is InChI=1S/C12H26N4O/c1-9(2)7-14-11(13-6)15-8-10(17)16-12(3,4)5/h9H,7-8H2,1-6H3,(H,16,17)(H2,13,14,15). The minimum absolute atomic E-state index is 0.0370. The van der Waals surface area contributed by atoms with Crippen LogP contribution in [0, 0.1) is 5.92 Å². The molecule has 0 heterocycles. The van der Waals surface area contributed by atoms with Gasteiger partial charge in [0.25, 0.3) is 0 Å².